The summed E-state index contributed by atoms with van der Waals surface area (Å²) < 4.78 is 5.23. The average Bonchev–Trinajstić information content (AvgIpc) is 3.29. The molecule has 1 amide bonds. The molecule has 3 heterocycles. The monoisotopic (exact) mass is 371 g/mol. The maximum atomic E-state index is 12.6. The summed E-state index contributed by atoms with van der Waals surface area (Å²) >= 11 is 1.65. The van der Waals surface area contributed by atoms with Gasteiger partial charge in [0, 0.05) is 36.9 Å². The second kappa shape index (κ2) is 7.00. The van der Waals surface area contributed by atoms with Crippen LogP contribution in [0.25, 0.3) is 0 Å². The third-order valence-corrected chi connectivity index (χ3v) is 6.33. The molecule has 0 unspecified atom stereocenters. The van der Waals surface area contributed by atoms with Crippen LogP contribution in [0.5, 0.6) is 5.75 Å². The highest BCUT2D eigenvalue weighted by atomic mass is 32.1. The first kappa shape index (κ1) is 17.5. The van der Waals surface area contributed by atoms with Gasteiger partial charge in [-0.2, -0.15) is 0 Å². The summed E-state index contributed by atoms with van der Waals surface area (Å²) in [6.07, 6.45) is 1.77. The van der Waals surface area contributed by atoms with E-state index in [1.54, 1.807) is 18.4 Å². The number of likely N-dealkylation sites (tertiary alicyclic amines) is 2. The van der Waals surface area contributed by atoms with Gasteiger partial charge in [0.25, 0.3) is 0 Å². The number of benzene rings is 1. The first-order valence-electron chi connectivity index (χ1n) is 9.09. The van der Waals surface area contributed by atoms with Crippen molar-refractivity contribution in [2.45, 2.75) is 32.9 Å². The number of aromatic nitrogens is 1. The quantitative estimate of drug-likeness (QED) is 0.810. The number of hydrogen-bond donors (Lipinski definition) is 0. The summed E-state index contributed by atoms with van der Waals surface area (Å²) in [5.74, 6) is 1.17. The fourth-order valence-electron chi connectivity index (χ4n) is 4.23. The number of nitrogens with zero attached hydrogens (tertiary/aromatic N) is 3. The first-order valence-corrected chi connectivity index (χ1v) is 9.97. The molecule has 2 aromatic rings. The third kappa shape index (κ3) is 3.62. The van der Waals surface area contributed by atoms with E-state index in [2.05, 4.69) is 27.4 Å². The first-order chi connectivity index (χ1) is 12.5. The van der Waals surface area contributed by atoms with E-state index >= 15 is 0 Å². The summed E-state index contributed by atoms with van der Waals surface area (Å²) in [7, 11) is 1.69. The number of amides is 1. The zero-order chi connectivity index (χ0) is 18.1. The molecule has 1 aromatic heterocycles. The van der Waals surface area contributed by atoms with Crippen molar-refractivity contribution in [2.24, 2.45) is 5.41 Å². The lowest BCUT2D eigenvalue weighted by Gasteiger charge is -2.24. The van der Waals surface area contributed by atoms with Crippen molar-refractivity contribution in [1.82, 2.24) is 14.8 Å². The summed E-state index contributed by atoms with van der Waals surface area (Å²) in [5.41, 5.74) is 2.43. The summed E-state index contributed by atoms with van der Waals surface area (Å²) in [6.45, 7) is 6.52. The molecule has 2 aliphatic rings. The van der Waals surface area contributed by atoms with Gasteiger partial charge >= 0.3 is 0 Å². The van der Waals surface area contributed by atoms with E-state index in [0.717, 1.165) is 49.1 Å². The van der Waals surface area contributed by atoms with E-state index in [-0.39, 0.29) is 11.3 Å². The predicted octanol–water partition coefficient (Wildman–Crippen LogP) is 3.08. The third-order valence-electron chi connectivity index (χ3n) is 5.51. The standard InChI is InChI=1S/C20H25N3O2S/c1-15-21-17(12-26-15)11-23-14-20(9-19(23)24)7-8-22(13-20)10-16-3-5-18(25-2)6-4-16/h3-6,12H,7-11,13-14H2,1-2H3/t20-/m1/s1. The number of methoxy groups -OCH3 is 1. The molecule has 0 N–H and O–H groups in total. The molecule has 2 fully saturated rings. The normalized spacial score (nSPS) is 23.3. The van der Waals surface area contributed by atoms with Gasteiger partial charge in [-0.05, 0) is 37.6 Å². The summed E-state index contributed by atoms with van der Waals surface area (Å²) in [4.78, 5) is 21.5. The fourth-order valence-corrected chi connectivity index (χ4v) is 4.83. The number of carbonyl (C=O) groups excluding carboxylic acids is 1. The van der Waals surface area contributed by atoms with Crippen LogP contribution in [-0.4, -0.2) is 47.4 Å². The van der Waals surface area contributed by atoms with E-state index in [4.69, 9.17) is 4.74 Å². The molecular weight excluding hydrogens is 346 g/mol. The van der Waals surface area contributed by atoms with Gasteiger partial charge in [0.2, 0.25) is 5.91 Å². The minimum atomic E-state index is 0.120. The molecule has 1 spiro atoms. The molecule has 2 aliphatic heterocycles. The predicted molar refractivity (Wildman–Crippen MR) is 102 cm³/mol. The van der Waals surface area contributed by atoms with Gasteiger partial charge in [-0.15, -0.1) is 11.3 Å². The smallest absolute Gasteiger partial charge is 0.223 e. The minimum absolute atomic E-state index is 0.120. The molecule has 0 aliphatic carbocycles. The van der Waals surface area contributed by atoms with Crippen LogP contribution in [0.4, 0.5) is 0 Å². The molecule has 0 saturated carbocycles. The van der Waals surface area contributed by atoms with Gasteiger partial charge in [-0.1, -0.05) is 12.1 Å². The van der Waals surface area contributed by atoms with Crippen molar-refractivity contribution in [2.75, 3.05) is 26.7 Å². The maximum absolute atomic E-state index is 12.6. The molecule has 138 valence electrons. The van der Waals surface area contributed by atoms with E-state index in [9.17, 15) is 4.79 Å². The number of aryl methyl sites for hydroxylation is 1. The van der Waals surface area contributed by atoms with E-state index in [1.165, 1.54) is 5.56 Å². The van der Waals surface area contributed by atoms with Crippen LogP contribution >= 0.6 is 11.3 Å². The van der Waals surface area contributed by atoms with Crippen molar-refractivity contribution in [3.05, 3.63) is 45.9 Å². The Kier molecular flexibility index (Phi) is 4.71. The zero-order valence-electron chi connectivity index (χ0n) is 15.4. The minimum Gasteiger partial charge on any atom is -0.497 e. The molecule has 5 nitrogen and oxygen atoms in total. The molecule has 2 saturated heterocycles. The second-order valence-electron chi connectivity index (χ2n) is 7.59. The Bertz CT molecular complexity index is 789. The average molecular weight is 372 g/mol. The van der Waals surface area contributed by atoms with Crippen LogP contribution in [0.2, 0.25) is 0 Å². The second-order valence-corrected chi connectivity index (χ2v) is 8.66. The number of rotatable bonds is 5. The molecule has 1 aromatic carbocycles. The molecule has 0 radical (unpaired) electrons. The lowest BCUT2D eigenvalue weighted by Crippen LogP contribution is -2.31. The topological polar surface area (TPSA) is 45.7 Å². The highest BCUT2D eigenvalue weighted by Gasteiger charge is 2.47. The van der Waals surface area contributed by atoms with Crippen molar-refractivity contribution in [3.8, 4) is 5.75 Å². The molecule has 0 bridgehead atoms. The van der Waals surface area contributed by atoms with Gasteiger partial charge in [0.15, 0.2) is 0 Å². The lowest BCUT2D eigenvalue weighted by molar-refractivity contribution is -0.128. The van der Waals surface area contributed by atoms with Crippen molar-refractivity contribution in [3.63, 3.8) is 0 Å². The van der Waals surface area contributed by atoms with Gasteiger partial charge in [-0.25, -0.2) is 4.98 Å². The van der Waals surface area contributed by atoms with E-state index in [0.29, 0.717) is 13.0 Å². The van der Waals surface area contributed by atoms with Crippen LogP contribution in [-0.2, 0) is 17.9 Å². The van der Waals surface area contributed by atoms with E-state index < -0.39 is 0 Å². The highest BCUT2D eigenvalue weighted by Crippen LogP contribution is 2.41. The van der Waals surface area contributed by atoms with Crippen LogP contribution in [0, 0.1) is 12.3 Å². The van der Waals surface area contributed by atoms with Crippen LogP contribution in [0.1, 0.15) is 29.1 Å². The number of ether oxygens (including phenoxy) is 1. The highest BCUT2D eigenvalue weighted by molar-refractivity contribution is 7.09. The van der Waals surface area contributed by atoms with Crippen molar-refractivity contribution in [1.29, 1.82) is 0 Å². The Morgan fingerprint density at radius 2 is 2.04 bits per heavy atom. The number of thiazole rings is 1. The Balaban J connectivity index is 1.37. The van der Waals surface area contributed by atoms with Crippen LogP contribution in [0.3, 0.4) is 0 Å². The molecule has 26 heavy (non-hydrogen) atoms. The Hall–Kier alpha value is -1.92. The molecular formula is C20H25N3O2S. The van der Waals surface area contributed by atoms with E-state index in [1.807, 2.05) is 24.0 Å². The lowest BCUT2D eigenvalue weighted by atomic mass is 9.86. The van der Waals surface area contributed by atoms with Crippen molar-refractivity contribution >= 4 is 17.2 Å². The molecule has 1 atom stereocenters. The zero-order valence-corrected chi connectivity index (χ0v) is 16.2. The maximum Gasteiger partial charge on any atom is 0.223 e. The Labute approximate surface area is 158 Å². The fraction of sp³-hybridized carbons (Fsp3) is 0.500. The largest absolute Gasteiger partial charge is 0.497 e. The Morgan fingerprint density at radius 3 is 2.73 bits per heavy atom. The van der Waals surface area contributed by atoms with Gasteiger partial charge in [0.1, 0.15) is 5.75 Å². The van der Waals surface area contributed by atoms with Crippen LogP contribution < -0.4 is 4.74 Å². The number of hydrogen-bond acceptors (Lipinski definition) is 5. The summed E-state index contributed by atoms with van der Waals surface area (Å²) in [6, 6.07) is 8.27. The van der Waals surface area contributed by atoms with Gasteiger partial charge in [0.05, 0.1) is 24.4 Å². The molecule has 4 rings (SSSR count). The van der Waals surface area contributed by atoms with Crippen molar-refractivity contribution < 1.29 is 9.53 Å². The molecule has 6 heteroatoms. The number of carbonyl (C=O) groups is 1. The van der Waals surface area contributed by atoms with Crippen LogP contribution in [0.15, 0.2) is 29.6 Å². The Morgan fingerprint density at radius 1 is 1.23 bits per heavy atom. The van der Waals surface area contributed by atoms with Gasteiger partial charge in [-0.3, -0.25) is 9.69 Å². The summed E-state index contributed by atoms with van der Waals surface area (Å²) in [5, 5.41) is 3.13. The SMILES string of the molecule is COc1ccc(CN2CC[C@@]3(CC(=O)N(Cc4csc(C)n4)C3)C2)cc1. The van der Waals surface area contributed by atoms with Gasteiger partial charge < -0.3 is 9.64 Å².